The molecule has 0 saturated heterocycles. The summed E-state index contributed by atoms with van der Waals surface area (Å²) in [5, 5.41) is 0. The van der Waals surface area contributed by atoms with Crippen LogP contribution in [0.4, 0.5) is 0 Å². The van der Waals surface area contributed by atoms with Gasteiger partial charge in [0.25, 0.3) is 0 Å². The van der Waals surface area contributed by atoms with Crippen LogP contribution in [0.3, 0.4) is 0 Å². The molecule has 0 radical (unpaired) electrons. The zero-order valence-corrected chi connectivity index (χ0v) is 10.3. The van der Waals surface area contributed by atoms with Crippen molar-refractivity contribution < 1.29 is 0 Å². The van der Waals surface area contributed by atoms with Crippen molar-refractivity contribution >= 4 is 0 Å². The second-order valence-electron chi connectivity index (χ2n) is 4.38. The Kier molecular flexibility index (Phi) is 6.86. The number of nitrogens with two attached hydrogens (primary N) is 1. The van der Waals surface area contributed by atoms with E-state index in [1.54, 1.807) is 0 Å². The van der Waals surface area contributed by atoms with Crippen LogP contribution in [0.5, 0.6) is 0 Å². The smallest absolute Gasteiger partial charge is 0.0210 e. The average molecular weight is 220 g/mol. The molecule has 0 aliphatic rings. The van der Waals surface area contributed by atoms with E-state index in [9.17, 15) is 0 Å². The second-order valence-corrected chi connectivity index (χ2v) is 4.38. The van der Waals surface area contributed by atoms with Gasteiger partial charge >= 0.3 is 0 Å². The van der Waals surface area contributed by atoms with Crippen molar-refractivity contribution in [2.75, 3.05) is 0 Å². The van der Waals surface area contributed by atoms with Gasteiger partial charge in [-0.15, -0.1) is 0 Å². The predicted octanol–water partition coefficient (Wildman–Crippen LogP) is 3.03. The summed E-state index contributed by atoms with van der Waals surface area (Å²) < 4.78 is 0. The third-order valence-electron chi connectivity index (χ3n) is 3.00. The van der Waals surface area contributed by atoms with Crippen molar-refractivity contribution in [2.45, 2.75) is 51.5 Å². The lowest BCUT2D eigenvalue weighted by molar-refractivity contribution is 0.438. The first-order valence-corrected chi connectivity index (χ1v) is 6.37. The minimum absolute atomic E-state index is 0.490. The molecule has 0 amide bonds. The molecule has 0 aromatic heterocycles. The number of hydrazine groups is 1. The highest BCUT2D eigenvalue weighted by molar-refractivity contribution is 5.14. The van der Waals surface area contributed by atoms with Gasteiger partial charge < -0.3 is 0 Å². The van der Waals surface area contributed by atoms with Gasteiger partial charge in [0.1, 0.15) is 0 Å². The molecule has 0 bridgehead atoms. The van der Waals surface area contributed by atoms with E-state index in [4.69, 9.17) is 5.84 Å². The van der Waals surface area contributed by atoms with Crippen LogP contribution in [0.25, 0.3) is 0 Å². The van der Waals surface area contributed by atoms with Gasteiger partial charge in [0.15, 0.2) is 0 Å². The summed E-state index contributed by atoms with van der Waals surface area (Å²) in [7, 11) is 0. The molecule has 0 aliphatic heterocycles. The molecular formula is C14H24N2. The monoisotopic (exact) mass is 220 g/mol. The summed E-state index contributed by atoms with van der Waals surface area (Å²) in [6, 6.07) is 11.1. The summed E-state index contributed by atoms with van der Waals surface area (Å²) in [5.41, 5.74) is 4.35. The summed E-state index contributed by atoms with van der Waals surface area (Å²) in [6.45, 7) is 2.22. The number of rotatable bonds is 8. The van der Waals surface area contributed by atoms with E-state index in [0.29, 0.717) is 6.04 Å². The van der Waals surface area contributed by atoms with Crippen LogP contribution >= 0.6 is 0 Å². The first-order valence-electron chi connectivity index (χ1n) is 6.37. The Morgan fingerprint density at radius 1 is 1.12 bits per heavy atom. The molecule has 1 unspecified atom stereocenters. The number of aryl methyl sites for hydroxylation is 1. The molecule has 0 saturated carbocycles. The second kappa shape index (κ2) is 8.31. The lowest BCUT2D eigenvalue weighted by Gasteiger charge is -2.15. The van der Waals surface area contributed by atoms with Crippen LogP contribution in [-0.4, -0.2) is 6.04 Å². The van der Waals surface area contributed by atoms with E-state index >= 15 is 0 Å². The topological polar surface area (TPSA) is 38.0 Å². The van der Waals surface area contributed by atoms with E-state index in [-0.39, 0.29) is 0 Å². The molecule has 1 atom stereocenters. The molecular weight excluding hydrogens is 196 g/mol. The fraction of sp³-hybridized carbons (Fsp3) is 0.571. The van der Waals surface area contributed by atoms with E-state index in [0.717, 1.165) is 6.42 Å². The highest BCUT2D eigenvalue weighted by Gasteiger charge is 2.05. The minimum Gasteiger partial charge on any atom is -0.271 e. The average Bonchev–Trinajstić information content (AvgIpc) is 2.35. The zero-order chi connectivity index (χ0) is 11.6. The van der Waals surface area contributed by atoms with E-state index in [1.165, 1.54) is 37.7 Å². The number of unbranched alkanes of at least 4 members (excludes halogenated alkanes) is 1. The molecule has 16 heavy (non-hydrogen) atoms. The largest absolute Gasteiger partial charge is 0.271 e. The van der Waals surface area contributed by atoms with Crippen molar-refractivity contribution in [3.8, 4) is 0 Å². The van der Waals surface area contributed by atoms with Crippen LogP contribution < -0.4 is 11.3 Å². The van der Waals surface area contributed by atoms with E-state index in [2.05, 4.69) is 42.7 Å². The highest BCUT2D eigenvalue weighted by Crippen LogP contribution is 2.10. The Labute approximate surface area is 99.2 Å². The molecule has 2 heteroatoms. The highest BCUT2D eigenvalue weighted by atomic mass is 15.2. The van der Waals surface area contributed by atoms with Crippen molar-refractivity contribution in [3.05, 3.63) is 35.9 Å². The van der Waals surface area contributed by atoms with Gasteiger partial charge in [-0.25, -0.2) is 0 Å². The van der Waals surface area contributed by atoms with Gasteiger partial charge in [0.05, 0.1) is 0 Å². The Bertz CT molecular complexity index is 259. The van der Waals surface area contributed by atoms with Crippen LogP contribution in [0.2, 0.25) is 0 Å². The molecule has 0 heterocycles. The maximum absolute atomic E-state index is 5.54. The Morgan fingerprint density at radius 2 is 1.81 bits per heavy atom. The zero-order valence-electron chi connectivity index (χ0n) is 10.3. The van der Waals surface area contributed by atoms with Crippen LogP contribution in [0.1, 0.15) is 44.6 Å². The van der Waals surface area contributed by atoms with Gasteiger partial charge in [0.2, 0.25) is 0 Å². The van der Waals surface area contributed by atoms with Gasteiger partial charge in [-0.2, -0.15) is 0 Å². The van der Waals surface area contributed by atoms with Gasteiger partial charge in [-0.1, -0.05) is 50.1 Å². The third-order valence-corrected chi connectivity index (χ3v) is 3.00. The van der Waals surface area contributed by atoms with E-state index in [1.807, 2.05) is 0 Å². The normalized spacial score (nSPS) is 12.6. The molecule has 1 aromatic rings. The van der Waals surface area contributed by atoms with Crippen molar-refractivity contribution in [2.24, 2.45) is 5.84 Å². The minimum atomic E-state index is 0.490. The summed E-state index contributed by atoms with van der Waals surface area (Å²) in [4.78, 5) is 0. The SMILES string of the molecule is CCCCC(CCCc1ccccc1)NN. The van der Waals surface area contributed by atoms with Gasteiger partial charge in [-0.05, 0) is 31.2 Å². The maximum Gasteiger partial charge on any atom is 0.0210 e. The molecule has 3 N–H and O–H groups in total. The van der Waals surface area contributed by atoms with Crippen LogP contribution in [0.15, 0.2) is 30.3 Å². The molecule has 0 fully saturated rings. The summed E-state index contributed by atoms with van der Waals surface area (Å²) in [6.07, 6.45) is 7.25. The molecule has 0 spiro atoms. The fourth-order valence-corrected chi connectivity index (χ4v) is 1.96. The predicted molar refractivity (Wildman–Crippen MR) is 70.0 cm³/mol. The first-order chi connectivity index (χ1) is 7.86. The number of hydrogen-bond acceptors (Lipinski definition) is 2. The standard InChI is InChI=1S/C14H24N2/c1-2-3-11-14(16-15)12-7-10-13-8-5-4-6-9-13/h4-6,8-9,14,16H,2-3,7,10-12,15H2,1H3. The molecule has 0 aliphatic carbocycles. The Balaban J connectivity index is 2.18. The van der Waals surface area contributed by atoms with Crippen LogP contribution in [0, 0.1) is 0 Å². The molecule has 90 valence electrons. The van der Waals surface area contributed by atoms with Gasteiger partial charge in [-0.3, -0.25) is 11.3 Å². The lowest BCUT2D eigenvalue weighted by Crippen LogP contribution is -2.35. The van der Waals surface area contributed by atoms with Crippen LogP contribution in [-0.2, 0) is 6.42 Å². The van der Waals surface area contributed by atoms with Crippen molar-refractivity contribution in [3.63, 3.8) is 0 Å². The number of benzene rings is 1. The van der Waals surface area contributed by atoms with Gasteiger partial charge in [0, 0.05) is 6.04 Å². The Morgan fingerprint density at radius 3 is 2.44 bits per heavy atom. The molecule has 1 aromatic carbocycles. The molecule has 1 rings (SSSR count). The summed E-state index contributed by atoms with van der Waals surface area (Å²) >= 11 is 0. The lowest BCUT2D eigenvalue weighted by atomic mass is 10.0. The Hall–Kier alpha value is -0.860. The first kappa shape index (κ1) is 13.2. The van der Waals surface area contributed by atoms with Crippen molar-refractivity contribution in [1.82, 2.24) is 5.43 Å². The number of nitrogens with one attached hydrogen (secondary N) is 1. The maximum atomic E-state index is 5.54. The number of hydrogen-bond donors (Lipinski definition) is 2. The summed E-state index contributed by atoms with van der Waals surface area (Å²) in [5.74, 6) is 5.54. The third kappa shape index (κ3) is 5.29. The van der Waals surface area contributed by atoms with E-state index < -0.39 is 0 Å². The van der Waals surface area contributed by atoms with Crippen molar-refractivity contribution in [1.29, 1.82) is 0 Å². The fourth-order valence-electron chi connectivity index (χ4n) is 1.96. The molecule has 2 nitrogen and oxygen atoms in total. The quantitative estimate of drug-likeness (QED) is 0.522.